The summed E-state index contributed by atoms with van der Waals surface area (Å²) in [6.07, 6.45) is 0.986. The van der Waals surface area contributed by atoms with Crippen molar-refractivity contribution in [3.05, 3.63) is 37.1 Å². The Morgan fingerprint density at radius 3 is 2.65 bits per heavy atom. The molecular formula is C9H11N3O5. The summed E-state index contributed by atoms with van der Waals surface area (Å²) in [6, 6.07) is -0.844. The molecule has 0 aliphatic heterocycles. The van der Waals surface area contributed by atoms with Crippen LogP contribution < -0.4 is 11.2 Å². The lowest BCUT2D eigenvalue weighted by Crippen LogP contribution is -2.34. The summed E-state index contributed by atoms with van der Waals surface area (Å²) in [6.45, 7) is 3.05. The molecule has 1 aromatic heterocycles. The lowest BCUT2D eigenvalue weighted by molar-refractivity contribution is -0.386. The van der Waals surface area contributed by atoms with Crippen LogP contribution in [0.1, 0.15) is 26.3 Å². The van der Waals surface area contributed by atoms with Crippen LogP contribution in [-0.4, -0.2) is 20.3 Å². The van der Waals surface area contributed by atoms with Gasteiger partial charge in [-0.15, -0.1) is 0 Å². The lowest BCUT2D eigenvalue weighted by Gasteiger charge is -2.11. The molecule has 0 aromatic carbocycles. The normalized spacial score (nSPS) is 12.1. The van der Waals surface area contributed by atoms with Gasteiger partial charge in [-0.25, -0.2) is 4.79 Å². The maximum absolute atomic E-state index is 11.4. The van der Waals surface area contributed by atoms with Crippen molar-refractivity contribution < 1.29 is 9.72 Å². The number of rotatable bonds is 4. The first-order chi connectivity index (χ1) is 7.88. The van der Waals surface area contributed by atoms with Gasteiger partial charge in [0.2, 0.25) is 0 Å². The molecule has 0 aliphatic carbocycles. The smallest absolute Gasteiger partial charge is 0.297 e. The molecule has 0 fully saturated rings. The maximum atomic E-state index is 11.4. The zero-order valence-corrected chi connectivity index (χ0v) is 9.30. The van der Waals surface area contributed by atoms with Crippen molar-refractivity contribution in [2.75, 3.05) is 0 Å². The van der Waals surface area contributed by atoms with Crippen molar-refractivity contribution in [2.24, 2.45) is 0 Å². The molecule has 0 saturated heterocycles. The Balaban J connectivity index is 3.40. The minimum absolute atomic E-state index is 0.195. The summed E-state index contributed by atoms with van der Waals surface area (Å²) in [5.41, 5.74) is -2.68. The fourth-order valence-corrected chi connectivity index (χ4v) is 1.34. The molecule has 0 radical (unpaired) electrons. The van der Waals surface area contributed by atoms with Crippen LogP contribution in [-0.2, 0) is 4.79 Å². The number of H-pyrrole nitrogens is 1. The maximum Gasteiger partial charge on any atom is 0.350 e. The predicted molar refractivity (Wildman–Crippen MR) is 58.0 cm³/mol. The molecule has 1 unspecified atom stereocenters. The minimum Gasteiger partial charge on any atom is -0.297 e. The summed E-state index contributed by atoms with van der Waals surface area (Å²) in [5.74, 6) is -0.256. The Kier molecular flexibility index (Phi) is 3.56. The van der Waals surface area contributed by atoms with Gasteiger partial charge in [0.25, 0.3) is 0 Å². The fraction of sp³-hybridized carbons (Fsp3) is 0.444. The van der Waals surface area contributed by atoms with Gasteiger partial charge in [-0.05, 0) is 6.92 Å². The molecule has 1 N–H and O–H groups in total. The van der Waals surface area contributed by atoms with E-state index < -0.39 is 27.9 Å². The third-order valence-electron chi connectivity index (χ3n) is 2.38. The molecule has 0 bridgehead atoms. The summed E-state index contributed by atoms with van der Waals surface area (Å²) in [4.78, 5) is 45.4. The third-order valence-corrected chi connectivity index (χ3v) is 2.38. The first kappa shape index (κ1) is 12.8. The Bertz CT molecular complexity index is 571. The average Bonchev–Trinajstić information content (AvgIpc) is 2.26. The first-order valence-corrected chi connectivity index (χ1v) is 4.91. The lowest BCUT2D eigenvalue weighted by atomic mass is 10.1. The monoisotopic (exact) mass is 241 g/mol. The number of nitro groups is 1. The number of hydrogen-bond acceptors (Lipinski definition) is 5. The van der Waals surface area contributed by atoms with Gasteiger partial charge in [0.1, 0.15) is 0 Å². The van der Waals surface area contributed by atoms with Crippen LogP contribution in [0.2, 0.25) is 0 Å². The molecule has 8 heteroatoms. The van der Waals surface area contributed by atoms with E-state index in [1.54, 1.807) is 11.9 Å². The molecular weight excluding hydrogens is 230 g/mol. The van der Waals surface area contributed by atoms with E-state index in [0.717, 1.165) is 10.8 Å². The van der Waals surface area contributed by atoms with Crippen LogP contribution >= 0.6 is 0 Å². The van der Waals surface area contributed by atoms with E-state index in [9.17, 15) is 24.5 Å². The van der Waals surface area contributed by atoms with Crippen LogP contribution in [0, 0.1) is 10.1 Å². The number of Topliss-reactive ketones (excluding diaryl/α,β-unsaturated/α-hetero) is 1. The van der Waals surface area contributed by atoms with Crippen LogP contribution in [0.4, 0.5) is 5.69 Å². The van der Waals surface area contributed by atoms with Crippen molar-refractivity contribution in [1.29, 1.82) is 0 Å². The molecule has 0 saturated carbocycles. The van der Waals surface area contributed by atoms with Gasteiger partial charge in [0.05, 0.1) is 17.2 Å². The van der Waals surface area contributed by atoms with Crippen molar-refractivity contribution in [3.63, 3.8) is 0 Å². The Labute approximate surface area is 95.0 Å². The summed E-state index contributed by atoms with van der Waals surface area (Å²) in [7, 11) is 0. The van der Waals surface area contributed by atoms with E-state index in [1.165, 1.54) is 6.92 Å². The molecule has 8 nitrogen and oxygen atoms in total. The van der Waals surface area contributed by atoms with E-state index >= 15 is 0 Å². The molecule has 0 aliphatic rings. The average molecular weight is 241 g/mol. The van der Waals surface area contributed by atoms with Crippen LogP contribution in [0.25, 0.3) is 0 Å². The van der Waals surface area contributed by atoms with Gasteiger partial charge in [-0.1, -0.05) is 6.92 Å². The largest absolute Gasteiger partial charge is 0.350 e. The standard InChI is InChI=1S/C9H11N3O5/c1-3-7(13)5(2)11-4-6(12(16)17)8(14)10-9(11)15/h4-5H,3H2,1-2H3,(H,10,14,15). The molecule has 0 spiro atoms. The van der Waals surface area contributed by atoms with Crippen molar-refractivity contribution in [2.45, 2.75) is 26.3 Å². The minimum atomic E-state index is -1.08. The second-order valence-corrected chi connectivity index (χ2v) is 3.43. The molecule has 92 valence electrons. The van der Waals surface area contributed by atoms with Crippen molar-refractivity contribution >= 4 is 11.5 Å². The zero-order chi connectivity index (χ0) is 13.2. The van der Waals surface area contributed by atoms with Crippen LogP contribution in [0.5, 0.6) is 0 Å². The van der Waals surface area contributed by atoms with E-state index in [1.807, 2.05) is 0 Å². The fourth-order valence-electron chi connectivity index (χ4n) is 1.34. The molecule has 1 heterocycles. The number of aromatic nitrogens is 2. The second kappa shape index (κ2) is 4.73. The molecule has 1 atom stereocenters. The van der Waals surface area contributed by atoms with E-state index in [0.29, 0.717) is 0 Å². The van der Waals surface area contributed by atoms with Crippen LogP contribution in [0.3, 0.4) is 0 Å². The first-order valence-electron chi connectivity index (χ1n) is 4.91. The highest BCUT2D eigenvalue weighted by molar-refractivity contribution is 5.81. The van der Waals surface area contributed by atoms with Crippen molar-refractivity contribution in [1.82, 2.24) is 9.55 Å². The van der Waals surface area contributed by atoms with Gasteiger partial charge in [-0.2, -0.15) is 0 Å². The number of aromatic amines is 1. The van der Waals surface area contributed by atoms with Gasteiger partial charge in [-0.3, -0.25) is 29.3 Å². The predicted octanol–water partition coefficient (Wildman–Crippen LogP) is -0.0151. The summed E-state index contributed by atoms with van der Waals surface area (Å²) < 4.78 is 0.853. The summed E-state index contributed by atoms with van der Waals surface area (Å²) >= 11 is 0. The topological polar surface area (TPSA) is 115 Å². The van der Waals surface area contributed by atoms with E-state index in [-0.39, 0.29) is 12.2 Å². The number of nitrogens with zero attached hydrogens (tertiary/aromatic N) is 2. The summed E-state index contributed by atoms with van der Waals surface area (Å²) in [5, 5.41) is 10.5. The van der Waals surface area contributed by atoms with E-state index in [4.69, 9.17) is 0 Å². The number of nitrogens with one attached hydrogen (secondary N) is 1. The Hall–Kier alpha value is -2.25. The quantitative estimate of drug-likeness (QED) is 0.587. The Morgan fingerprint density at radius 1 is 1.59 bits per heavy atom. The van der Waals surface area contributed by atoms with Gasteiger partial charge in [0, 0.05) is 6.42 Å². The zero-order valence-electron chi connectivity index (χ0n) is 9.30. The molecule has 1 aromatic rings. The highest BCUT2D eigenvalue weighted by Crippen LogP contribution is 2.08. The second-order valence-electron chi connectivity index (χ2n) is 3.43. The Morgan fingerprint density at radius 2 is 2.18 bits per heavy atom. The number of ketones is 1. The van der Waals surface area contributed by atoms with Crippen LogP contribution in [0.15, 0.2) is 15.8 Å². The van der Waals surface area contributed by atoms with Crippen molar-refractivity contribution in [3.8, 4) is 0 Å². The molecule has 17 heavy (non-hydrogen) atoms. The number of carbonyl (C=O) groups is 1. The highest BCUT2D eigenvalue weighted by atomic mass is 16.6. The third kappa shape index (κ3) is 2.47. The van der Waals surface area contributed by atoms with Gasteiger partial charge in [0.15, 0.2) is 5.78 Å². The highest BCUT2D eigenvalue weighted by Gasteiger charge is 2.20. The SMILES string of the molecule is CCC(=O)C(C)n1cc([N+](=O)[O-])c(=O)[nH]c1=O. The van der Waals surface area contributed by atoms with E-state index in [2.05, 4.69) is 0 Å². The molecule has 0 amide bonds. The van der Waals surface area contributed by atoms with Gasteiger partial charge >= 0.3 is 16.9 Å². The van der Waals surface area contributed by atoms with Gasteiger partial charge < -0.3 is 0 Å². The molecule has 1 rings (SSSR count). The number of hydrogen-bond donors (Lipinski definition) is 1. The number of carbonyl (C=O) groups excluding carboxylic acids is 1.